The van der Waals surface area contributed by atoms with Crippen LogP contribution < -0.4 is 0 Å². The second-order valence-corrected chi connectivity index (χ2v) is 4.14. The first-order valence-electron chi connectivity index (χ1n) is 5.47. The molecule has 0 unspecified atom stereocenters. The smallest absolute Gasteiger partial charge is 0.137 e. The highest BCUT2D eigenvalue weighted by atomic mass is 35.5. The van der Waals surface area contributed by atoms with Gasteiger partial charge in [0.25, 0.3) is 0 Å². The Labute approximate surface area is 104 Å². The summed E-state index contributed by atoms with van der Waals surface area (Å²) >= 11 is 5.82. The minimum atomic E-state index is 0.440. The monoisotopic (exact) mass is 242 g/mol. The molecule has 0 aliphatic rings. The van der Waals surface area contributed by atoms with Crippen LogP contribution in [0.2, 0.25) is 0 Å². The summed E-state index contributed by atoms with van der Waals surface area (Å²) in [6.45, 7) is 0. The quantitative estimate of drug-likeness (QED) is 0.626. The van der Waals surface area contributed by atoms with Crippen LogP contribution in [0.4, 0.5) is 0 Å². The van der Waals surface area contributed by atoms with E-state index in [1.807, 2.05) is 36.5 Å². The molecule has 84 valence electrons. The standard InChI is InChI=1S/C14H11ClN2/c15-9-12-10-17-13(7-4-8-14(17)16-12)11-5-2-1-3-6-11/h1-8,10H,9H2. The Kier molecular flexibility index (Phi) is 2.57. The van der Waals surface area contributed by atoms with E-state index in [0.717, 1.165) is 17.0 Å². The zero-order valence-corrected chi connectivity index (χ0v) is 9.93. The summed E-state index contributed by atoms with van der Waals surface area (Å²) in [5.41, 5.74) is 4.14. The van der Waals surface area contributed by atoms with Crippen molar-refractivity contribution in [2.24, 2.45) is 0 Å². The van der Waals surface area contributed by atoms with Crippen LogP contribution in [0.3, 0.4) is 0 Å². The summed E-state index contributed by atoms with van der Waals surface area (Å²) in [7, 11) is 0. The zero-order chi connectivity index (χ0) is 11.7. The minimum absolute atomic E-state index is 0.440. The molecule has 3 aromatic rings. The van der Waals surface area contributed by atoms with E-state index in [2.05, 4.69) is 27.6 Å². The first-order chi connectivity index (χ1) is 8.38. The predicted molar refractivity (Wildman–Crippen MR) is 70.2 cm³/mol. The van der Waals surface area contributed by atoms with Crippen molar-refractivity contribution in [3.8, 4) is 11.3 Å². The van der Waals surface area contributed by atoms with Crippen LogP contribution in [0.25, 0.3) is 16.9 Å². The van der Waals surface area contributed by atoms with Gasteiger partial charge in [0.15, 0.2) is 0 Å². The highest BCUT2D eigenvalue weighted by Crippen LogP contribution is 2.21. The van der Waals surface area contributed by atoms with Gasteiger partial charge in [0.05, 0.1) is 17.3 Å². The lowest BCUT2D eigenvalue weighted by Gasteiger charge is -2.04. The summed E-state index contributed by atoms with van der Waals surface area (Å²) in [4.78, 5) is 4.45. The van der Waals surface area contributed by atoms with Gasteiger partial charge in [-0.1, -0.05) is 36.4 Å². The molecule has 17 heavy (non-hydrogen) atoms. The van der Waals surface area contributed by atoms with E-state index in [1.165, 1.54) is 5.56 Å². The third-order valence-electron chi connectivity index (χ3n) is 2.75. The topological polar surface area (TPSA) is 17.3 Å². The molecular formula is C14H11ClN2. The number of imidazole rings is 1. The maximum absolute atomic E-state index is 5.82. The molecule has 0 radical (unpaired) electrons. The molecule has 0 atom stereocenters. The summed E-state index contributed by atoms with van der Waals surface area (Å²) < 4.78 is 2.08. The number of benzene rings is 1. The fourth-order valence-electron chi connectivity index (χ4n) is 1.97. The number of nitrogens with zero attached hydrogens (tertiary/aromatic N) is 2. The Bertz CT molecular complexity index is 644. The summed E-state index contributed by atoms with van der Waals surface area (Å²) in [6, 6.07) is 16.4. The number of pyridine rings is 1. The Morgan fingerprint density at radius 2 is 1.82 bits per heavy atom. The Balaban J connectivity index is 2.26. The Morgan fingerprint density at radius 3 is 2.59 bits per heavy atom. The van der Waals surface area contributed by atoms with Crippen LogP contribution in [-0.2, 0) is 5.88 Å². The fraction of sp³-hybridized carbons (Fsp3) is 0.0714. The van der Waals surface area contributed by atoms with E-state index in [9.17, 15) is 0 Å². The van der Waals surface area contributed by atoms with Crippen molar-refractivity contribution in [3.05, 3.63) is 60.4 Å². The van der Waals surface area contributed by atoms with Gasteiger partial charge in [-0.25, -0.2) is 4.98 Å². The first-order valence-corrected chi connectivity index (χ1v) is 6.00. The lowest BCUT2D eigenvalue weighted by atomic mass is 10.1. The van der Waals surface area contributed by atoms with E-state index in [0.29, 0.717) is 5.88 Å². The van der Waals surface area contributed by atoms with Crippen LogP contribution in [-0.4, -0.2) is 9.38 Å². The van der Waals surface area contributed by atoms with Gasteiger partial charge in [-0.15, -0.1) is 11.6 Å². The van der Waals surface area contributed by atoms with E-state index in [-0.39, 0.29) is 0 Å². The predicted octanol–water partition coefficient (Wildman–Crippen LogP) is 3.74. The summed E-state index contributed by atoms with van der Waals surface area (Å²) in [5, 5.41) is 0. The van der Waals surface area contributed by atoms with Gasteiger partial charge in [0.2, 0.25) is 0 Å². The van der Waals surface area contributed by atoms with Gasteiger partial charge in [0.1, 0.15) is 5.65 Å². The van der Waals surface area contributed by atoms with Gasteiger partial charge in [-0.05, 0) is 17.7 Å². The molecule has 0 aliphatic heterocycles. The average molecular weight is 243 g/mol. The van der Waals surface area contributed by atoms with Crippen LogP contribution in [0, 0.1) is 0 Å². The summed E-state index contributed by atoms with van der Waals surface area (Å²) in [6.07, 6.45) is 1.99. The van der Waals surface area contributed by atoms with Crippen molar-refractivity contribution < 1.29 is 0 Å². The number of rotatable bonds is 2. The molecule has 0 N–H and O–H groups in total. The van der Waals surface area contributed by atoms with E-state index in [1.54, 1.807) is 0 Å². The van der Waals surface area contributed by atoms with Crippen LogP contribution in [0.1, 0.15) is 5.69 Å². The maximum atomic E-state index is 5.82. The van der Waals surface area contributed by atoms with E-state index in [4.69, 9.17) is 11.6 Å². The minimum Gasteiger partial charge on any atom is -0.299 e. The molecular weight excluding hydrogens is 232 g/mol. The molecule has 0 bridgehead atoms. The Hall–Kier alpha value is -1.80. The molecule has 0 spiro atoms. The first kappa shape index (κ1) is 10.4. The SMILES string of the molecule is ClCc1cn2c(-c3ccccc3)cccc2n1. The highest BCUT2D eigenvalue weighted by molar-refractivity contribution is 6.16. The van der Waals surface area contributed by atoms with Gasteiger partial charge in [-0.2, -0.15) is 0 Å². The third-order valence-corrected chi connectivity index (χ3v) is 3.02. The number of hydrogen-bond acceptors (Lipinski definition) is 1. The zero-order valence-electron chi connectivity index (χ0n) is 9.18. The molecule has 1 aromatic carbocycles. The number of halogens is 1. The van der Waals surface area contributed by atoms with Crippen LogP contribution >= 0.6 is 11.6 Å². The molecule has 0 fully saturated rings. The van der Waals surface area contributed by atoms with Crippen molar-refractivity contribution in [2.75, 3.05) is 0 Å². The molecule has 0 saturated heterocycles. The van der Waals surface area contributed by atoms with Crippen molar-refractivity contribution in [1.29, 1.82) is 0 Å². The van der Waals surface area contributed by atoms with Crippen molar-refractivity contribution in [3.63, 3.8) is 0 Å². The molecule has 0 saturated carbocycles. The molecule has 2 aromatic heterocycles. The van der Waals surface area contributed by atoms with E-state index >= 15 is 0 Å². The van der Waals surface area contributed by atoms with E-state index < -0.39 is 0 Å². The van der Waals surface area contributed by atoms with Gasteiger partial charge < -0.3 is 0 Å². The molecule has 2 nitrogen and oxygen atoms in total. The van der Waals surface area contributed by atoms with Gasteiger partial charge in [0, 0.05) is 6.20 Å². The highest BCUT2D eigenvalue weighted by Gasteiger charge is 2.05. The van der Waals surface area contributed by atoms with Gasteiger partial charge >= 0.3 is 0 Å². The molecule has 2 heterocycles. The van der Waals surface area contributed by atoms with Crippen molar-refractivity contribution in [1.82, 2.24) is 9.38 Å². The lowest BCUT2D eigenvalue weighted by Crippen LogP contribution is -1.89. The van der Waals surface area contributed by atoms with Crippen LogP contribution in [0.15, 0.2) is 54.7 Å². The second-order valence-electron chi connectivity index (χ2n) is 3.87. The normalized spacial score (nSPS) is 10.9. The third kappa shape index (κ3) is 1.81. The van der Waals surface area contributed by atoms with Gasteiger partial charge in [-0.3, -0.25) is 4.40 Å². The van der Waals surface area contributed by atoms with Crippen molar-refractivity contribution in [2.45, 2.75) is 5.88 Å². The maximum Gasteiger partial charge on any atom is 0.137 e. The molecule has 0 amide bonds. The number of hydrogen-bond donors (Lipinski definition) is 0. The second kappa shape index (κ2) is 4.22. The molecule has 3 heteroatoms. The fourth-order valence-corrected chi connectivity index (χ4v) is 2.10. The number of fused-ring (bicyclic) bond motifs is 1. The lowest BCUT2D eigenvalue weighted by molar-refractivity contribution is 1.19. The number of alkyl halides is 1. The van der Waals surface area contributed by atoms with Crippen LogP contribution in [0.5, 0.6) is 0 Å². The molecule has 0 aliphatic carbocycles. The average Bonchev–Trinajstić information content (AvgIpc) is 2.82. The summed E-state index contributed by atoms with van der Waals surface area (Å²) in [5.74, 6) is 0.440. The largest absolute Gasteiger partial charge is 0.299 e. The molecule has 3 rings (SSSR count). The van der Waals surface area contributed by atoms with Crippen molar-refractivity contribution >= 4 is 17.2 Å². The number of aromatic nitrogens is 2. The Morgan fingerprint density at radius 1 is 1.00 bits per heavy atom.